The fraction of sp³-hybridized carbons (Fsp3) is 0.211. The highest BCUT2D eigenvalue weighted by Gasteiger charge is 2.19. The van der Waals surface area contributed by atoms with Crippen molar-refractivity contribution in [2.45, 2.75) is 0 Å². The molecule has 1 aliphatic heterocycles. The van der Waals surface area contributed by atoms with Crippen molar-refractivity contribution in [3.05, 3.63) is 65.6 Å². The molecule has 1 aromatic heterocycles. The Hall–Kier alpha value is -2.93. The van der Waals surface area contributed by atoms with Gasteiger partial charge >= 0.3 is 0 Å². The molecule has 3 aromatic rings. The number of rotatable bonds is 4. The van der Waals surface area contributed by atoms with Crippen molar-refractivity contribution in [1.29, 1.82) is 0 Å². The first-order valence-electron chi connectivity index (χ1n) is 8.66. The number of para-hydroxylation sites is 1. The molecule has 0 saturated carbocycles. The van der Waals surface area contributed by atoms with Gasteiger partial charge in [-0.25, -0.2) is 4.39 Å². The number of nitrogens with zero attached hydrogens (tertiary/aromatic N) is 5. The number of halogens is 2. The Morgan fingerprint density at radius 3 is 2.52 bits per heavy atom. The standard InChI is InChI=1S/C19H18ClFN6/c20-14-4-3-5-15(12-14)26-8-10-27(11-9-26)18-13-22-25-19(24-18)23-17-7-2-1-6-16(17)21/h1-7,12-13H,8-11H2,(H,23,24,25). The number of aromatic nitrogens is 3. The first kappa shape index (κ1) is 17.5. The van der Waals surface area contributed by atoms with Crippen LogP contribution in [0.2, 0.25) is 5.02 Å². The molecular formula is C19H18ClFN6. The molecule has 2 aromatic carbocycles. The Morgan fingerprint density at radius 2 is 1.74 bits per heavy atom. The first-order valence-corrected chi connectivity index (χ1v) is 9.03. The number of piperazine rings is 1. The van der Waals surface area contributed by atoms with E-state index in [1.165, 1.54) is 6.07 Å². The normalized spacial score (nSPS) is 14.3. The summed E-state index contributed by atoms with van der Waals surface area (Å²) in [6, 6.07) is 14.3. The summed E-state index contributed by atoms with van der Waals surface area (Å²) in [7, 11) is 0. The zero-order valence-corrected chi connectivity index (χ0v) is 15.3. The lowest BCUT2D eigenvalue weighted by Gasteiger charge is -2.36. The largest absolute Gasteiger partial charge is 0.368 e. The van der Waals surface area contributed by atoms with E-state index >= 15 is 0 Å². The van der Waals surface area contributed by atoms with Gasteiger partial charge in [0.25, 0.3) is 0 Å². The number of anilines is 4. The van der Waals surface area contributed by atoms with E-state index < -0.39 is 0 Å². The molecule has 1 saturated heterocycles. The van der Waals surface area contributed by atoms with Gasteiger partial charge in [-0.2, -0.15) is 10.1 Å². The van der Waals surface area contributed by atoms with Gasteiger partial charge in [-0.1, -0.05) is 29.8 Å². The Morgan fingerprint density at radius 1 is 0.963 bits per heavy atom. The second-order valence-electron chi connectivity index (χ2n) is 6.20. The molecule has 0 radical (unpaired) electrons. The quantitative estimate of drug-likeness (QED) is 0.739. The zero-order valence-electron chi connectivity index (χ0n) is 14.5. The van der Waals surface area contributed by atoms with Crippen molar-refractivity contribution in [1.82, 2.24) is 15.2 Å². The summed E-state index contributed by atoms with van der Waals surface area (Å²) in [5, 5.41) is 11.6. The zero-order chi connectivity index (χ0) is 18.6. The van der Waals surface area contributed by atoms with E-state index in [-0.39, 0.29) is 11.8 Å². The fourth-order valence-electron chi connectivity index (χ4n) is 3.05. The summed E-state index contributed by atoms with van der Waals surface area (Å²) in [5.74, 6) is 0.631. The fourth-order valence-corrected chi connectivity index (χ4v) is 3.23. The topological polar surface area (TPSA) is 57.2 Å². The van der Waals surface area contributed by atoms with Crippen molar-refractivity contribution in [3.63, 3.8) is 0 Å². The van der Waals surface area contributed by atoms with E-state index in [9.17, 15) is 4.39 Å². The van der Waals surface area contributed by atoms with Crippen LogP contribution >= 0.6 is 11.6 Å². The average Bonchev–Trinajstić information content (AvgIpc) is 2.70. The van der Waals surface area contributed by atoms with Gasteiger partial charge in [-0.3, -0.25) is 0 Å². The third-order valence-electron chi connectivity index (χ3n) is 4.44. The predicted molar refractivity (Wildman–Crippen MR) is 105 cm³/mol. The van der Waals surface area contributed by atoms with Crippen LogP contribution in [-0.2, 0) is 0 Å². The minimum Gasteiger partial charge on any atom is -0.368 e. The van der Waals surface area contributed by atoms with Crippen LogP contribution in [-0.4, -0.2) is 41.4 Å². The molecule has 2 heterocycles. The molecule has 0 atom stereocenters. The number of benzene rings is 2. The van der Waals surface area contributed by atoms with Crippen LogP contribution < -0.4 is 15.1 Å². The lowest BCUT2D eigenvalue weighted by Crippen LogP contribution is -2.46. The molecule has 0 spiro atoms. The average molecular weight is 385 g/mol. The Balaban J connectivity index is 1.43. The Kier molecular flexibility index (Phi) is 5.02. The van der Waals surface area contributed by atoms with Crippen molar-refractivity contribution in [2.24, 2.45) is 0 Å². The minimum atomic E-state index is -0.360. The summed E-state index contributed by atoms with van der Waals surface area (Å²) in [4.78, 5) is 8.91. The highest BCUT2D eigenvalue weighted by atomic mass is 35.5. The lowest BCUT2D eigenvalue weighted by atomic mass is 10.2. The minimum absolute atomic E-state index is 0.273. The lowest BCUT2D eigenvalue weighted by molar-refractivity contribution is 0.631. The van der Waals surface area contributed by atoms with E-state index in [1.54, 1.807) is 24.4 Å². The van der Waals surface area contributed by atoms with E-state index in [0.717, 1.165) is 42.7 Å². The van der Waals surface area contributed by atoms with E-state index in [2.05, 4.69) is 36.4 Å². The van der Waals surface area contributed by atoms with Crippen LogP contribution in [0.15, 0.2) is 54.7 Å². The second kappa shape index (κ2) is 7.75. The van der Waals surface area contributed by atoms with Crippen LogP contribution in [0.3, 0.4) is 0 Å². The molecule has 0 amide bonds. The molecule has 6 nitrogen and oxygen atoms in total. The molecule has 1 aliphatic rings. The van der Waals surface area contributed by atoms with Crippen LogP contribution in [0.1, 0.15) is 0 Å². The van der Waals surface area contributed by atoms with E-state index in [4.69, 9.17) is 11.6 Å². The maximum Gasteiger partial charge on any atom is 0.249 e. The number of hydrogen-bond acceptors (Lipinski definition) is 6. The first-order chi connectivity index (χ1) is 13.2. The van der Waals surface area contributed by atoms with Gasteiger partial charge in [0, 0.05) is 36.9 Å². The van der Waals surface area contributed by atoms with Gasteiger partial charge in [-0.05, 0) is 30.3 Å². The van der Waals surface area contributed by atoms with Gasteiger partial charge in [0.1, 0.15) is 5.82 Å². The second-order valence-corrected chi connectivity index (χ2v) is 6.63. The monoisotopic (exact) mass is 384 g/mol. The summed E-state index contributed by atoms with van der Waals surface area (Å²) < 4.78 is 13.8. The van der Waals surface area contributed by atoms with Crippen LogP contribution in [0.4, 0.5) is 27.5 Å². The van der Waals surface area contributed by atoms with Crippen molar-refractivity contribution in [2.75, 3.05) is 41.3 Å². The Bertz CT molecular complexity index is 929. The maximum atomic E-state index is 13.8. The predicted octanol–water partition coefficient (Wildman–Crippen LogP) is 3.73. The van der Waals surface area contributed by atoms with Crippen molar-refractivity contribution < 1.29 is 4.39 Å². The molecule has 1 N–H and O–H groups in total. The van der Waals surface area contributed by atoms with Gasteiger partial charge in [-0.15, -0.1) is 5.10 Å². The van der Waals surface area contributed by atoms with Crippen molar-refractivity contribution >= 4 is 34.7 Å². The third-order valence-corrected chi connectivity index (χ3v) is 4.68. The molecule has 4 rings (SSSR count). The van der Waals surface area contributed by atoms with Crippen LogP contribution in [0, 0.1) is 5.82 Å². The summed E-state index contributed by atoms with van der Waals surface area (Å²) in [5.41, 5.74) is 1.44. The van der Waals surface area contributed by atoms with Gasteiger partial charge < -0.3 is 15.1 Å². The maximum absolute atomic E-state index is 13.8. The highest BCUT2D eigenvalue weighted by Crippen LogP contribution is 2.23. The van der Waals surface area contributed by atoms with Crippen molar-refractivity contribution in [3.8, 4) is 0 Å². The summed E-state index contributed by atoms with van der Waals surface area (Å²) in [6.45, 7) is 3.29. The molecule has 1 fully saturated rings. The summed E-state index contributed by atoms with van der Waals surface area (Å²) in [6.07, 6.45) is 1.63. The molecular weight excluding hydrogens is 367 g/mol. The molecule has 0 unspecified atom stereocenters. The molecule has 8 heteroatoms. The van der Waals surface area contributed by atoms with Crippen LogP contribution in [0.5, 0.6) is 0 Å². The molecule has 0 aliphatic carbocycles. The van der Waals surface area contributed by atoms with Crippen LogP contribution in [0.25, 0.3) is 0 Å². The smallest absolute Gasteiger partial charge is 0.249 e. The number of hydrogen-bond donors (Lipinski definition) is 1. The number of nitrogens with one attached hydrogen (secondary N) is 1. The van der Waals surface area contributed by atoms with E-state index in [0.29, 0.717) is 5.69 Å². The van der Waals surface area contributed by atoms with Gasteiger partial charge in [0.2, 0.25) is 5.95 Å². The highest BCUT2D eigenvalue weighted by molar-refractivity contribution is 6.30. The Labute approximate surface area is 161 Å². The SMILES string of the molecule is Fc1ccccc1Nc1nncc(N2CCN(c3cccc(Cl)c3)CC2)n1. The van der Waals surface area contributed by atoms with E-state index in [1.807, 2.05) is 18.2 Å². The molecule has 27 heavy (non-hydrogen) atoms. The van der Waals surface area contributed by atoms with Gasteiger partial charge in [0.05, 0.1) is 11.9 Å². The van der Waals surface area contributed by atoms with Gasteiger partial charge in [0.15, 0.2) is 5.82 Å². The third kappa shape index (κ3) is 4.09. The molecule has 138 valence electrons. The summed E-state index contributed by atoms with van der Waals surface area (Å²) >= 11 is 6.09. The molecule has 0 bridgehead atoms.